The van der Waals surface area contributed by atoms with Crippen LogP contribution in [0, 0.1) is 11.8 Å². The summed E-state index contributed by atoms with van der Waals surface area (Å²) in [6.45, 7) is 4.65. The first-order valence-electron chi connectivity index (χ1n) is 5.73. The summed E-state index contributed by atoms with van der Waals surface area (Å²) < 4.78 is 0. The molecule has 71 valence electrons. The minimum atomic E-state index is 0.991. The quantitative estimate of drug-likeness (QED) is 0.584. The highest BCUT2D eigenvalue weighted by Gasteiger charge is 2.22. The van der Waals surface area contributed by atoms with E-state index in [0.717, 1.165) is 5.92 Å². The SMILES string of the molecule is CCCC[C]1CCCCC1CC. The van der Waals surface area contributed by atoms with Crippen LogP contribution in [0.15, 0.2) is 0 Å². The monoisotopic (exact) mass is 167 g/mol. The van der Waals surface area contributed by atoms with Crippen molar-refractivity contribution in [2.24, 2.45) is 5.92 Å². The van der Waals surface area contributed by atoms with Crippen LogP contribution < -0.4 is 0 Å². The van der Waals surface area contributed by atoms with Crippen molar-refractivity contribution in [1.29, 1.82) is 0 Å². The Morgan fingerprint density at radius 1 is 1.25 bits per heavy atom. The Labute approximate surface area is 77.7 Å². The van der Waals surface area contributed by atoms with E-state index in [1.54, 1.807) is 0 Å². The second-order valence-corrected chi connectivity index (χ2v) is 4.11. The van der Waals surface area contributed by atoms with Crippen molar-refractivity contribution in [3.05, 3.63) is 5.92 Å². The number of rotatable bonds is 4. The Kier molecular flexibility index (Phi) is 4.72. The number of unbranched alkanes of at least 4 members (excludes halogenated alkanes) is 1. The van der Waals surface area contributed by atoms with Gasteiger partial charge in [-0.25, -0.2) is 0 Å². The van der Waals surface area contributed by atoms with Gasteiger partial charge in [0.05, 0.1) is 0 Å². The lowest BCUT2D eigenvalue weighted by atomic mass is 9.75. The molecule has 1 unspecified atom stereocenters. The van der Waals surface area contributed by atoms with E-state index in [9.17, 15) is 0 Å². The van der Waals surface area contributed by atoms with E-state index in [4.69, 9.17) is 0 Å². The molecule has 1 rings (SSSR count). The smallest absolute Gasteiger partial charge is 0.0210 e. The standard InChI is InChI=1S/C12H23/c1-3-5-8-12-10-7-6-9-11(12)4-2/h11H,3-10H2,1-2H3. The van der Waals surface area contributed by atoms with Crippen LogP contribution in [-0.4, -0.2) is 0 Å². The van der Waals surface area contributed by atoms with Gasteiger partial charge in [-0.05, 0) is 31.1 Å². The minimum absolute atomic E-state index is 0.991. The summed E-state index contributed by atoms with van der Waals surface area (Å²) in [5.41, 5.74) is 0. The molecule has 0 nitrogen and oxygen atoms in total. The van der Waals surface area contributed by atoms with E-state index in [2.05, 4.69) is 13.8 Å². The maximum absolute atomic E-state index is 2.35. The Bertz CT molecular complexity index is 107. The van der Waals surface area contributed by atoms with Gasteiger partial charge in [-0.2, -0.15) is 0 Å². The highest BCUT2D eigenvalue weighted by Crippen LogP contribution is 2.36. The Hall–Kier alpha value is 0. The van der Waals surface area contributed by atoms with Crippen LogP contribution in [0.5, 0.6) is 0 Å². The Balaban J connectivity index is 2.26. The molecule has 0 saturated heterocycles. The van der Waals surface area contributed by atoms with Gasteiger partial charge in [0.2, 0.25) is 0 Å². The average Bonchev–Trinajstić information content (AvgIpc) is 2.15. The fourth-order valence-electron chi connectivity index (χ4n) is 2.38. The number of hydrogen-bond acceptors (Lipinski definition) is 0. The Morgan fingerprint density at radius 3 is 2.75 bits per heavy atom. The molecule has 0 spiro atoms. The summed E-state index contributed by atoms with van der Waals surface area (Å²) in [6.07, 6.45) is 11.5. The van der Waals surface area contributed by atoms with Crippen LogP contribution in [0.3, 0.4) is 0 Å². The summed E-state index contributed by atoms with van der Waals surface area (Å²) in [4.78, 5) is 0. The molecular formula is C12H23. The zero-order chi connectivity index (χ0) is 8.81. The summed E-state index contributed by atoms with van der Waals surface area (Å²) >= 11 is 0. The topological polar surface area (TPSA) is 0 Å². The van der Waals surface area contributed by atoms with Crippen LogP contribution in [0.25, 0.3) is 0 Å². The molecule has 0 bridgehead atoms. The van der Waals surface area contributed by atoms with Crippen LogP contribution in [-0.2, 0) is 0 Å². The molecule has 1 fully saturated rings. The van der Waals surface area contributed by atoms with Gasteiger partial charge in [0.15, 0.2) is 0 Å². The molecule has 1 aliphatic carbocycles. The third-order valence-corrected chi connectivity index (χ3v) is 3.22. The average molecular weight is 167 g/mol. The van der Waals surface area contributed by atoms with Gasteiger partial charge in [-0.15, -0.1) is 0 Å². The molecule has 0 amide bonds. The molecule has 0 aromatic carbocycles. The fraction of sp³-hybridized carbons (Fsp3) is 0.917. The first-order chi connectivity index (χ1) is 5.88. The van der Waals surface area contributed by atoms with Gasteiger partial charge >= 0.3 is 0 Å². The van der Waals surface area contributed by atoms with Crippen molar-refractivity contribution in [2.45, 2.75) is 65.2 Å². The maximum atomic E-state index is 2.35. The molecule has 1 atom stereocenters. The van der Waals surface area contributed by atoms with Crippen molar-refractivity contribution >= 4 is 0 Å². The molecule has 12 heavy (non-hydrogen) atoms. The van der Waals surface area contributed by atoms with Crippen molar-refractivity contribution < 1.29 is 0 Å². The largest absolute Gasteiger partial charge is 0.0654 e. The lowest BCUT2D eigenvalue weighted by Crippen LogP contribution is -2.16. The lowest BCUT2D eigenvalue weighted by Gasteiger charge is -2.30. The molecule has 0 aromatic heterocycles. The first-order valence-corrected chi connectivity index (χ1v) is 5.73. The fourth-order valence-corrected chi connectivity index (χ4v) is 2.38. The lowest BCUT2D eigenvalue weighted by molar-refractivity contribution is 0.360. The molecule has 0 aromatic rings. The maximum Gasteiger partial charge on any atom is -0.0210 e. The van der Waals surface area contributed by atoms with E-state index < -0.39 is 0 Å². The predicted molar refractivity (Wildman–Crippen MR) is 55.0 cm³/mol. The molecule has 0 heterocycles. The van der Waals surface area contributed by atoms with Crippen LogP contribution in [0.4, 0.5) is 0 Å². The van der Waals surface area contributed by atoms with Gasteiger partial charge in [0.1, 0.15) is 0 Å². The van der Waals surface area contributed by atoms with Gasteiger partial charge in [0, 0.05) is 0 Å². The number of hydrogen-bond donors (Lipinski definition) is 0. The molecule has 1 radical (unpaired) electrons. The minimum Gasteiger partial charge on any atom is -0.0654 e. The highest BCUT2D eigenvalue weighted by molar-refractivity contribution is 4.98. The van der Waals surface area contributed by atoms with Gasteiger partial charge in [0.25, 0.3) is 0 Å². The van der Waals surface area contributed by atoms with Crippen LogP contribution in [0.2, 0.25) is 0 Å². The zero-order valence-corrected chi connectivity index (χ0v) is 8.73. The third kappa shape index (κ3) is 2.80. The van der Waals surface area contributed by atoms with E-state index in [0.29, 0.717) is 0 Å². The van der Waals surface area contributed by atoms with Crippen LogP contribution >= 0.6 is 0 Å². The normalized spacial score (nSPS) is 26.0. The molecular weight excluding hydrogens is 144 g/mol. The van der Waals surface area contributed by atoms with Crippen LogP contribution in [0.1, 0.15) is 65.2 Å². The summed E-state index contributed by atoms with van der Waals surface area (Å²) in [7, 11) is 0. The van der Waals surface area contributed by atoms with E-state index >= 15 is 0 Å². The molecule has 1 saturated carbocycles. The summed E-state index contributed by atoms with van der Waals surface area (Å²) in [6, 6.07) is 0. The van der Waals surface area contributed by atoms with E-state index in [1.165, 1.54) is 51.4 Å². The highest BCUT2D eigenvalue weighted by atomic mass is 14.3. The molecule has 1 aliphatic rings. The van der Waals surface area contributed by atoms with Crippen molar-refractivity contribution in [2.75, 3.05) is 0 Å². The predicted octanol–water partition coefficient (Wildman–Crippen LogP) is 4.35. The molecule has 0 heteroatoms. The van der Waals surface area contributed by atoms with Gasteiger partial charge < -0.3 is 0 Å². The molecule has 0 N–H and O–H groups in total. The third-order valence-electron chi connectivity index (χ3n) is 3.22. The van der Waals surface area contributed by atoms with Gasteiger partial charge in [-0.3, -0.25) is 0 Å². The summed E-state index contributed by atoms with van der Waals surface area (Å²) in [5.74, 6) is 2.89. The second-order valence-electron chi connectivity index (χ2n) is 4.11. The first kappa shape index (κ1) is 10.1. The van der Waals surface area contributed by atoms with Crippen molar-refractivity contribution in [3.8, 4) is 0 Å². The van der Waals surface area contributed by atoms with E-state index in [1.807, 2.05) is 5.92 Å². The molecule has 0 aliphatic heterocycles. The van der Waals surface area contributed by atoms with Crippen molar-refractivity contribution in [1.82, 2.24) is 0 Å². The Morgan fingerprint density at radius 2 is 2.08 bits per heavy atom. The second kappa shape index (κ2) is 5.61. The van der Waals surface area contributed by atoms with E-state index in [-0.39, 0.29) is 0 Å². The summed E-state index contributed by atoms with van der Waals surface area (Å²) in [5, 5.41) is 0. The zero-order valence-electron chi connectivity index (χ0n) is 8.73. The van der Waals surface area contributed by atoms with Gasteiger partial charge in [-0.1, -0.05) is 46.0 Å². The van der Waals surface area contributed by atoms with Crippen molar-refractivity contribution in [3.63, 3.8) is 0 Å².